The maximum absolute atomic E-state index is 11.4. The molecule has 0 heterocycles. The molecule has 0 aromatic heterocycles. The number of carboxylic acids is 1. The molecule has 2 aliphatic rings. The molecule has 2 aliphatic carbocycles. The summed E-state index contributed by atoms with van der Waals surface area (Å²) >= 11 is 0. The zero-order valence-corrected chi connectivity index (χ0v) is 9.22. The van der Waals surface area contributed by atoms with E-state index in [9.17, 15) is 15.0 Å². The summed E-state index contributed by atoms with van der Waals surface area (Å²) in [6.45, 7) is -0.192. The third-order valence-electron chi connectivity index (χ3n) is 4.09. The van der Waals surface area contributed by atoms with Gasteiger partial charge in [-0.1, -0.05) is 6.42 Å². The second-order valence-corrected chi connectivity index (χ2v) is 5.07. The quantitative estimate of drug-likeness (QED) is 0.514. The Bertz CT molecular complexity index is 283. The van der Waals surface area contributed by atoms with Crippen LogP contribution in [0.3, 0.4) is 0 Å². The summed E-state index contributed by atoms with van der Waals surface area (Å²) < 4.78 is 0. The van der Waals surface area contributed by atoms with Crippen molar-refractivity contribution in [2.45, 2.75) is 37.3 Å². The fraction of sp³-hybridized carbons (Fsp3) is 0.909. The molecule has 0 aromatic rings. The fourth-order valence-corrected chi connectivity index (χ4v) is 3.25. The first-order valence-corrected chi connectivity index (χ1v) is 5.86. The first kappa shape index (κ1) is 11.8. The maximum atomic E-state index is 11.4. The van der Waals surface area contributed by atoms with Crippen LogP contribution in [0.25, 0.3) is 0 Å². The molecule has 5 nitrogen and oxygen atoms in total. The standard InChI is InChI=1S/C11H19NO4/c13-6-9(14)5-12-11(10(15)16)4-7-1-2-8(11)3-7/h7-9,12-14H,1-6H2,(H,15,16). The van der Waals surface area contributed by atoms with Gasteiger partial charge in [0.25, 0.3) is 0 Å². The first-order chi connectivity index (χ1) is 7.58. The molecular weight excluding hydrogens is 210 g/mol. The van der Waals surface area contributed by atoms with E-state index < -0.39 is 17.6 Å². The largest absolute Gasteiger partial charge is 0.480 e. The number of carboxylic acid groups (broad SMARTS) is 1. The van der Waals surface area contributed by atoms with Gasteiger partial charge in [0.1, 0.15) is 5.54 Å². The molecule has 2 bridgehead atoms. The minimum atomic E-state index is -0.879. The van der Waals surface area contributed by atoms with Crippen LogP contribution in [0.15, 0.2) is 0 Å². The number of hydrogen-bond donors (Lipinski definition) is 4. The molecule has 0 aromatic carbocycles. The van der Waals surface area contributed by atoms with Gasteiger partial charge in [0.05, 0.1) is 12.7 Å². The Morgan fingerprint density at radius 3 is 2.69 bits per heavy atom. The highest BCUT2D eigenvalue weighted by Crippen LogP contribution is 2.50. The monoisotopic (exact) mass is 229 g/mol. The highest BCUT2D eigenvalue weighted by molar-refractivity contribution is 5.80. The Morgan fingerprint density at radius 1 is 1.50 bits per heavy atom. The number of β-amino-alcohol motifs (C(OH)–C–C–N with tert-alkyl or cyclic N) is 1. The van der Waals surface area contributed by atoms with Crippen molar-refractivity contribution in [1.29, 1.82) is 0 Å². The van der Waals surface area contributed by atoms with Crippen molar-refractivity contribution in [3.05, 3.63) is 0 Å². The predicted molar refractivity (Wildman–Crippen MR) is 56.9 cm³/mol. The highest BCUT2D eigenvalue weighted by atomic mass is 16.4. The fourth-order valence-electron chi connectivity index (χ4n) is 3.25. The molecule has 0 radical (unpaired) electrons. The summed E-state index contributed by atoms with van der Waals surface area (Å²) in [4.78, 5) is 11.4. The van der Waals surface area contributed by atoms with E-state index in [4.69, 9.17) is 5.11 Å². The summed E-state index contributed by atoms with van der Waals surface area (Å²) in [7, 11) is 0. The Hall–Kier alpha value is -0.650. The molecule has 4 N–H and O–H groups in total. The molecule has 4 unspecified atom stereocenters. The van der Waals surface area contributed by atoms with E-state index in [0.717, 1.165) is 19.3 Å². The predicted octanol–water partition coefficient (Wildman–Crippen LogP) is -0.427. The molecular formula is C11H19NO4. The number of carbonyl (C=O) groups is 1. The van der Waals surface area contributed by atoms with Crippen LogP contribution in [0, 0.1) is 11.8 Å². The molecule has 0 aliphatic heterocycles. The topological polar surface area (TPSA) is 89.8 Å². The lowest BCUT2D eigenvalue weighted by Gasteiger charge is -2.35. The minimum absolute atomic E-state index is 0.145. The van der Waals surface area contributed by atoms with Crippen LogP contribution in [0.4, 0.5) is 0 Å². The minimum Gasteiger partial charge on any atom is -0.480 e. The molecule has 2 saturated carbocycles. The Balaban J connectivity index is 2.03. The van der Waals surface area contributed by atoms with Gasteiger partial charge in [0, 0.05) is 6.54 Å². The van der Waals surface area contributed by atoms with Crippen molar-refractivity contribution in [2.24, 2.45) is 11.8 Å². The van der Waals surface area contributed by atoms with Gasteiger partial charge in [-0.25, -0.2) is 0 Å². The normalized spacial score (nSPS) is 38.9. The molecule has 5 heteroatoms. The van der Waals surface area contributed by atoms with E-state index in [1.165, 1.54) is 0 Å². The average molecular weight is 229 g/mol. The average Bonchev–Trinajstić information content (AvgIpc) is 2.86. The van der Waals surface area contributed by atoms with Gasteiger partial charge in [-0.3, -0.25) is 10.1 Å². The molecule has 16 heavy (non-hydrogen) atoms. The first-order valence-electron chi connectivity index (χ1n) is 5.86. The molecule has 0 amide bonds. The van der Waals surface area contributed by atoms with Crippen molar-refractivity contribution in [3.8, 4) is 0 Å². The molecule has 0 spiro atoms. The second-order valence-electron chi connectivity index (χ2n) is 5.07. The zero-order valence-electron chi connectivity index (χ0n) is 9.22. The summed E-state index contributed by atoms with van der Waals surface area (Å²) in [5.74, 6) is -0.120. The summed E-state index contributed by atoms with van der Waals surface area (Å²) in [5, 5.41) is 30.3. The van der Waals surface area contributed by atoms with Crippen LogP contribution in [0.2, 0.25) is 0 Å². The highest BCUT2D eigenvalue weighted by Gasteiger charge is 2.55. The van der Waals surface area contributed by atoms with Crippen LogP contribution < -0.4 is 5.32 Å². The van der Waals surface area contributed by atoms with Crippen molar-refractivity contribution in [3.63, 3.8) is 0 Å². The lowest BCUT2D eigenvalue weighted by atomic mass is 9.81. The van der Waals surface area contributed by atoms with Crippen LogP contribution in [0.1, 0.15) is 25.7 Å². The molecule has 2 fully saturated rings. The van der Waals surface area contributed by atoms with E-state index in [2.05, 4.69) is 5.32 Å². The van der Waals surface area contributed by atoms with Crippen molar-refractivity contribution in [1.82, 2.24) is 5.32 Å². The number of rotatable bonds is 5. The van der Waals surface area contributed by atoms with Crippen LogP contribution in [0.5, 0.6) is 0 Å². The smallest absolute Gasteiger partial charge is 0.324 e. The lowest BCUT2D eigenvalue weighted by molar-refractivity contribution is -0.147. The lowest BCUT2D eigenvalue weighted by Crippen LogP contribution is -2.57. The number of aliphatic carboxylic acids is 1. The molecule has 0 saturated heterocycles. The van der Waals surface area contributed by atoms with E-state index in [-0.39, 0.29) is 19.1 Å². The third-order valence-corrected chi connectivity index (χ3v) is 4.09. The second kappa shape index (κ2) is 4.31. The van der Waals surface area contributed by atoms with Crippen LogP contribution in [-0.4, -0.2) is 46.1 Å². The summed E-state index contributed by atoms with van der Waals surface area (Å²) in [5.41, 5.74) is -0.862. The summed E-state index contributed by atoms with van der Waals surface area (Å²) in [6, 6.07) is 0. The number of nitrogens with one attached hydrogen (secondary N) is 1. The molecule has 4 atom stereocenters. The van der Waals surface area contributed by atoms with Crippen molar-refractivity contribution in [2.75, 3.05) is 13.2 Å². The number of aliphatic hydroxyl groups excluding tert-OH is 2. The van der Waals surface area contributed by atoms with Gasteiger partial charge >= 0.3 is 5.97 Å². The molecule has 2 rings (SSSR count). The zero-order chi connectivity index (χ0) is 11.8. The number of hydrogen-bond acceptors (Lipinski definition) is 4. The van der Waals surface area contributed by atoms with Crippen molar-refractivity contribution >= 4 is 5.97 Å². The third kappa shape index (κ3) is 1.83. The van der Waals surface area contributed by atoms with Gasteiger partial charge in [0.2, 0.25) is 0 Å². The Morgan fingerprint density at radius 2 is 2.25 bits per heavy atom. The summed E-state index contributed by atoms with van der Waals surface area (Å²) in [6.07, 6.45) is 2.85. The number of fused-ring (bicyclic) bond motifs is 2. The van der Waals surface area contributed by atoms with Gasteiger partial charge < -0.3 is 15.3 Å². The van der Waals surface area contributed by atoms with E-state index in [1.54, 1.807) is 0 Å². The van der Waals surface area contributed by atoms with E-state index in [0.29, 0.717) is 12.3 Å². The SMILES string of the molecule is O=C(O)C1(NCC(O)CO)CC2CCC1C2. The van der Waals surface area contributed by atoms with E-state index in [1.807, 2.05) is 0 Å². The van der Waals surface area contributed by atoms with E-state index >= 15 is 0 Å². The van der Waals surface area contributed by atoms with Gasteiger partial charge in [-0.15, -0.1) is 0 Å². The van der Waals surface area contributed by atoms with Crippen molar-refractivity contribution < 1.29 is 20.1 Å². The Kier molecular flexibility index (Phi) is 3.19. The maximum Gasteiger partial charge on any atom is 0.324 e. The number of aliphatic hydroxyl groups is 2. The van der Waals surface area contributed by atoms with Crippen LogP contribution in [-0.2, 0) is 4.79 Å². The van der Waals surface area contributed by atoms with Gasteiger partial charge in [-0.05, 0) is 31.1 Å². The molecule has 92 valence electrons. The van der Waals surface area contributed by atoms with Gasteiger partial charge in [-0.2, -0.15) is 0 Å². The van der Waals surface area contributed by atoms with Gasteiger partial charge in [0.15, 0.2) is 0 Å². The Labute approximate surface area is 94.5 Å². The van der Waals surface area contributed by atoms with Crippen LogP contribution >= 0.6 is 0 Å².